The number of ether oxygens (including phenoxy) is 2. The average molecular weight is 340 g/mol. The summed E-state index contributed by atoms with van der Waals surface area (Å²) in [7, 11) is 0. The Kier molecular flexibility index (Phi) is 7.13. The van der Waals surface area contributed by atoms with E-state index in [1.54, 1.807) is 6.92 Å². The molecule has 0 heterocycles. The highest BCUT2D eigenvalue weighted by molar-refractivity contribution is 6.43. The number of carbonyl (C=O) groups is 2. The molecule has 0 unspecified atom stereocenters. The number of hydrogen-bond donors (Lipinski definition) is 0. The van der Waals surface area contributed by atoms with Gasteiger partial charge in [-0.15, -0.1) is 0 Å². The first kappa shape index (κ1) is 17.1. The molecular formula is C13H13Cl3O4. The Balaban J connectivity index is 2.47. The zero-order valence-corrected chi connectivity index (χ0v) is 13.0. The van der Waals surface area contributed by atoms with E-state index in [-0.39, 0.29) is 39.6 Å². The van der Waals surface area contributed by atoms with Crippen LogP contribution in [0.3, 0.4) is 0 Å². The van der Waals surface area contributed by atoms with Gasteiger partial charge < -0.3 is 9.47 Å². The van der Waals surface area contributed by atoms with E-state index in [9.17, 15) is 9.59 Å². The summed E-state index contributed by atoms with van der Waals surface area (Å²) >= 11 is 17.4. The van der Waals surface area contributed by atoms with Crippen molar-refractivity contribution in [2.45, 2.75) is 26.2 Å². The normalized spacial score (nSPS) is 10.2. The molecule has 1 aromatic carbocycles. The maximum Gasteiger partial charge on any atom is 0.311 e. The largest absolute Gasteiger partial charge is 0.466 e. The SMILES string of the molecule is CCOC(=O)CCCC(=O)Oc1cc(Cl)c(Cl)cc1Cl. The molecule has 110 valence electrons. The summed E-state index contributed by atoms with van der Waals surface area (Å²) in [6, 6.07) is 2.77. The number of rotatable bonds is 6. The molecular weight excluding hydrogens is 326 g/mol. The number of carbonyl (C=O) groups excluding carboxylic acids is 2. The van der Waals surface area contributed by atoms with Gasteiger partial charge in [0, 0.05) is 18.9 Å². The van der Waals surface area contributed by atoms with Crippen LogP contribution in [0.1, 0.15) is 26.2 Å². The van der Waals surface area contributed by atoms with Crippen molar-refractivity contribution in [3.63, 3.8) is 0 Å². The molecule has 0 N–H and O–H groups in total. The van der Waals surface area contributed by atoms with Gasteiger partial charge in [0.05, 0.1) is 21.7 Å². The maximum atomic E-state index is 11.6. The van der Waals surface area contributed by atoms with Crippen molar-refractivity contribution < 1.29 is 19.1 Å². The lowest BCUT2D eigenvalue weighted by atomic mass is 10.2. The van der Waals surface area contributed by atoms with Crippen LogP contribution in [-0.4, -0.2) is 18.5 Å². The van der Waals surface area contributed by atoms with E-state index in [4.69, 9.17) is 44.3 Å². The zero-order chi connectivity index (χ0) is 15.1. The van der Waals surface area contributed by atoms with Gasteiger partial charge in [-0.05, 0) is 19.4 Å². The van der Waals surface area contributed by atoms with Gasteiger partial charge in [-0.25, -0.2) is 0 Å². The highest BCUT2D eigenvalue weighted by Crippen LogP contribution is 2.34. The van der Waals surface area contributed by atoms with Gasteiger partial charge in [0.1, 0.15) is 0 Å². The van der Waals surface area contributed by atoms with E-state index in [1.807, 2.05) is 0 Å². The van der Waals surface area contributed by atoms with Crippen molar-refractivity contribution in [1.82, 2.24) is 0 Å². The van der Waals surface area contributed by atoms with Crippen molar-refractivity contribution in [3.05, 3.63) is 27.2 Å². The van der Waals surface area contributed by atoms with Gasteiger partial charge >= 0.3 is 11.9 Å². The molecule has 4 nitrogen and oxygen atoms in total. The highest BCUT2D eigenvalue weighted by Gasteiger charge is 2.12. The summed E-state index contributed by atoms with van der Waals surface area (Å²) < 4.78 is 9.80. The lowest BCUT2D eigenvalue weighted by Gasteiger charge is -2.07. The van der Waals surface area contributed by atoms with Gasteiger partial charge in [-0.3, -0.25) is 9.59 Å². The predicted molar refractivity (Wildman–Crippen MR) is 77.6 cm³/mol. The van der Waals surface area contributed by atoms with E-state index in [2.05, 4.69) is 0 Å². The van der Waals surface area contributed by atoms with Crippen molar-refractivity contribution in [1.29, 1.82) is 0 Å². The lowest BCUT2D eigenvalue weighted by molar-refractivity contribution is -0.143. The second-order valence-electron chi connectivity index (χ2n) is 3.83. The molecule has 0 amide bonds. The van der Waals surface area contributed by atoms with Gasteiger partial charge in [-0.2, -0.15) is 0 Å². The van der Waals surface area contributed by atoms with Crippen LogP contribution < -0.4 is 4.74 Å². The van der Waals surface area contributed by atoms with E-state index in [0.717, 1.165) is 0 Å². The average Bonchev–Trinajstić information content (AvgIpc) is 2.36. The monoisotopic (exact) mass is 338 g/mol. The third-order valence-corrected chi connectivity index (χ3v) is 3.28. The van der Waals surface area contributed by atoms with Gasteiger partial charge in [0.25, 0.3) is 0 Å². The molecule has 0 aliphatic carbocycles. The van der Waals surface area contributed by atoms with Crippen LogP contribution in [0.2, 0.25) is 15.1 Å². The van der Waals surface area contributed by atoms with Crippen LogP contribution in [0.15, 0.2) is 12.1 Å². The van der Waals surface area contributed by atoms with Crippen molar-refractivity contribution in [2.75, 3.05) is 6.61 Å². The minimum absolute atomic E-state index is 0.0788. The molecule has 0 saturated carbocycles. The second-order valence-corrected chi connectivity index (χ2v) is 5.05. The van der Waals surface area contributed by atoms with Crippen LogP contribution in [-0.2, 0) is 14.3 Å². The molecule has 0 aromatic heterocycles. The molecule has 0 bridgehead atoms. The fourth-order valence-corrected chi connectivity index (χ4v) is 1.94. The molecule has 0 aliphatic heterocycles. The minimum Gasteiger partial charge on any atom is -0.466 e. The van der Waals surface area contributed by atoms with E-state index >= 15 is 0 Å². The zero-order valence-electron chi connectivity index (χ0n) is 10.8. The molecule has 0 aliphatic rings. The van der Waals surface area contributed by atoms with Crippen LogP contribution in [0.5, 0.6) is 5.75 Å². The number of hydrogen-bond acceptors (Lipinski definition) is 4. The smallest absolute Gasteiger partial charge is 0.311 e. The van der Waals surface area contributed by atoms with Crippen molar-refractivity contribution >= 4 is 46.7 Å². The third-order valence-electron chi connectivity index (χ3n) is 2.27. The first-order chi connectivity index (χ1) is 9.43. The summed E-state index contributed by atoms with van der Waals surface area (Å²) in [6.45, 7) is 2.04. The van der Waals surface area contributed by atoms with E-state index in [1.165, 1.54) is 12.1 Å². The summed E-state index contributed by atoms with van der Waals surface area (Å²) in [5.74, 6) is -0.704. The highest BCUT2D eigenvalue weighted by atomic mass is 35.5. The van der Waals surface area contributed by atoms with Crippen LogP contribution in [0.25, 0.3) is 0 Å². The summed E-state index contributed by atoms with van der Waals surface area (Å²) in [5, 5.41) is 0.710. The Hall–Kier alpha value is -0.970. The van der Waals surface area contributed by atoms with Crippen LogP contribution in [0, 0.1) is 0 Å². The molecule has 7 heteroatoms. The molecule has 0 atom stereocenters. The van der Waals surface area contributed by atoms with Crippen molar-refractivity contribution in [2.24, 2.45) is 0 Å². The standard InChI is InChI=1S/C13H13Cl3O4/c1-2-19-12(17)4-3-5-13(18)20-11-7-9(15)8(14)6-10(11)16/h6-7H,2-5H2,1H3. The summed E-state index contributed by atoms with van der Waals surface area (Å²) in [6.07, 6.45) is 0.587. The Morgan fingerprint density at radius 1 is 1.00 bits per heavy atom. The number of halogens is 3. The molecule has 1 rings (SSSR count). The first-order valence-corrected chi connectivity index (χ1v) is 7.08. The fraction of sp³-hybridized carbons (Fsp3) is 0.385. The van der Waals surface area contributed by atoms with E-state index < -0.39 is 5.97 Å². The Morgan fingerprint density at radius 2 is 1.60 bits per heavy atom. The fourth-order valence-electron chi connectivity index (χ4n) is 1.37. The Labute approximate surface area is 131 Å². The quantitative estimate of drug-likeness (QED) is 0.441. The second kappa shape index (κ2) is 8.35. The van der Waals surface area contributed by atoms with Gasteiger partial charge in [0.2, 0.25) is 0 Å². The Bertz CT molecular complexity index is 503. The Morgan fingerprint density at radius 3 is 2.25 bits per heavy atom. The molecule has 1 aromatic rings. The molecule has 0 saturated heterocycles. The third kappa shape index (κ3) is 5.57. The van der Waals surface area contributed by atoms with Crippen LogP contribution >= 0.6 is 34.8 Å². The van der Waals surface area contributed by atoms with Gasteiger partial charge in [0.15, 0.2) is 5.75 Å². The summed E-state index contributed by atoms with van der Waals surface area (Å²) in [4.78, 5) is 22.7. The minimum atomic E-state index is -0.505. The molecule has 0 radical (unpaired) electrons. The molecule has 0 fully saturated rings. The summed E-state index contributed by atoms with van der Waals surface area (Å²) in [5.41, 5.74) is 0. The van der Waals surface area contributed by atoms with E-state index in [0.29, 0.717) is 13.0 Å². The van der Waals surface area contributed by atoms with Crippen molar-refractivity contribution in [3.8, 4) is 5.75 Å². The van der Waals surface area contributed by atoms with Gasteiger partial charge in [-0.1, -0.05) is 34.8 Å². The molecule has 20 heavy (non-hydrogen) atoms. The van der Waals surface area contributed by atoms with Crippen LogP contribution in [0.4, 0.5) is 0 Å². The maximum absolute atomic E-state index is 11.6. The predicted octanol–water partition coefficient (Wildman–Crippen LogP) is 4.29. The lowest BCUT2D eigenvalue weighted by Crippen LogP contribution is -2.10. The number of benzene rings is 1. The number of esters is 2. The molecule has 0 spiro atoms. The topological polar surface area (TPSA) is 52.6 Å². The first-order valence-electron chi connectivity index (χ1n) is 5.95.